The summed E-state index contributed by atoms with van der Waals surface area (Å²) < 4.78 is 7.53. The maximum atomic E-state index is 5.30. The number of ether oxygens (including phenoxy) is 1. The standard InChI is InChI=1S/C12H22N2O/c1-3-13-10-12-6-8-14(11-12)7-5-9-15-4-2/h6,8,11,13H,3-5,7,9-10H2,1-2H3. The second-order valence-electron chi connectivity index (χ2n) is 3.59. The highest BCUT2D eigenvalue weighted by molar-refractivity contribution is 5.09. The molecule has 1 N–H and O–H groups in total. The van der Waals surface area contributed by atoms with E-state index >= 15 is 0 Å². The Hall–Kier alpha value is -0.800. The normalized spacial score (nSPS) is 10.8. The van der Waals surface area contributed by atoms with Crippen molar-refractivity contribution in [2.45, 2.75) is 33.4 Å². The molecule has 0 aromatic carbocycles. The summed E-state index contributed by atoms with van der Waals surface area (Å²) in [6.07, 6.45) is 5.43. The number of rotatable bonds is 8. The summed E-state index contributed by atoms with van der Waals surface area (Å²) in [4.78, 5) is 0. The van der Waals surface area contributed by atoms with Crippen molar-refractivity contribution in [1.82, 2.24) is 9.88 Å². The topological polar surface area (TPSA) is 26.2 Å². The minimum absolute atomic E-state index is 0.817. The van der Waals surface area contributed by atoms with Crippen molar-refractivity contribution in [3.8, 4) is 0 Å². The molecule has 0 atom stereocenters. The van der Waals surface area contributed by atoms with Crippen molar-refractivity contribution in [2.24, 2.45) is 0 Å². The minimum atomic E-state index is 0.817. The van der Waals surface area contributed by atoms with Crippen molar-refractivity contribution in [2.75, 3.05) is 19.8 Å². The van der Waals surface area contributed by atoms with Crippen LogP contribution in [0.5, 0.6) is 0 Å². The van der Waals surface area contributed by atoms with E-state index < -0.39 is 0 Å². The monoisotopic (exact) mass is 210 g/mol. The fourth-order valence-corrected chi connectivity index (χ4v) is 1.50. The van der Waals surface area contributed by atoms with E-state index in [9.17, 15) is 0 Å². The highest BCUT2D eigenvalue weighted by Crippen LogP contribution is 2.02. The second-order valence-corrected chi connectivity index (χ2v) is 3.59. The summed E-state index contributed by atoms with van der Waals surface area (Å²) in [6, 6.07) is 2.17. The molecule has 0 saturated carbocycles. The summed E-state index contributed by atoms with van der Waals surface area (Å²) in [6.45, 7) is 8.87. The SMILES string of the molecule is CCNCc1ccn(CCCOCC)c1. The van der Waals surface area contributed by atoms with E-state index in [2.05, 4.69) is 35.3 Å². The summed E-state index contributed by atoms with van der Waals surface area (Å²) in [7, 11) is 0. The van der Waals surface area contributed by atoms with Crippen LogP contribution in [0.4, 0.5) is 0 Å². The first-order chi connectivity index (χ1) is 7.36. The molecule has 0 bridgehead atoms. The number of nitrogens with zero attached hydrogens (tertiary/aromatic N) is 1. The fraction of sp³-hybridized carbons (Fsp3) is 0.667. The molecule has 0 aliphatic heterocycles. The van der Waals surface area contributed by atoms with Gasteiger partial charge >= 0.3 is 0 Å². The predicted octanol–water partition coefficient (Wildman–Crippen LogP) is 2.02. The molecule has 1 aromatic heterocycles. The Bertz CT molecular complexity index is 258. The fourth-order valence-electron chi connectivity index (χ4n) is 1.50. The first kappa shape index (κ1) is 12.3. The Morgan fingerprint density at radius 3 is 3.00 bits per heavy atom. The molecule has 1 heterocycles. The van der Waals surface area contributed by atoms with Crippen LogP contribution in [0.15, 0.2) is 18.5 Å². The molecule has 86 valence electrons. The molecule has 0 aliphatic carbocycles. The smallest absolute Gasteiger partial charge is 0.0482 e. The van der Waals surface area contributed by atoms with Crippen molar-refractivity contribution < 1.29 is 4.74 Å². The molecule has 0 amide bonds. The summed E-state index contributed by atoms with van der Waals surface area (Å²) in [5, 5.41) is 3.32. The van der Waals surface area contributed by atoms with Gasteiger partial charge in [0.15, 0.2) is 0 Å². The van der Waals surface area contributed by atoms with Gasteiger partial charge in [-0.1, -0.05) is 6.92 Å². The lowest BCUT2D eigenvalue weighted by Gasteiger charge is -2.03. The number of hydrogen-bond acceptors (Lipinski definition) is 2. The summed E-state index contributed by atoms with van der Waals surface area (Å²) in [5.41, 5.74) is 1.35. The zero-order valence-corrected chi connectivity index (χ0v) is 9.83. The van der Waals surface area contributed by atoms with Crippen LogP contribution in [0.2, 0.25) is 0 Å². The van der Waals surface area contributed by atoms with E-state index in [0.29, 0.717) is 0 Å². The highest BCUT2D eigenvalue weighted by atomic mass is 16.5. The maximum Gasteiger partial charge on any atom is 0.0482 e. The van der Waals surface area contributed by atoms with Crippen LogP contribution >= 0.6 is 0 Å². The second kappa shape index (κ2) is 7.49. The van der Waals surface area contributed by atoms with Crippen molar-refractivity contribution in [1.29, 1.82) is 0 Å². The Kier molecular flexibility index (Phi) is 6.12. The van der Waals surface area contributed by atoms with Crippen LogP contribution in [0, 0.1) is 0 Å². The van der Waals surface area contributed by atoms with Crippen LogP contribution in [-0.4, -0.2) is 24.3 Å². The maximum absolute atomic E-state index is 5.30. The third kappa shape index (κ3) is 5.00. The van der Waals surface area contributed by atoms with Crippen molar-refractivity contribution >= 4 is 0 Å². The Morgan fingerprint density at radius 2 is 2.27 bits per heavy atom. The molecule has 3 nitrogen and oxygen atoms in total. The van der Waals surface area contributed by atoms with Crippen LogP contribution in [0.25, 0.3) is 0 Å². The quantitative estimate of drug-likeness (QED) is 0.664. The first-order valence-corrected chi connectivity index (χ1v) is 5.80. The van der Waals surface area contributed by atoms with Gasteiger partial charge in [0.2, 0.25) is 0 Å². The van der Waals surface area contributed by atoms with E-state index in [0.717, 1.165) is 39.3 Å². The average molecular weight is 210 g/mol. The molecule has 15 heavy (non-hydrogen) atoms. The number of aromatic nitrogens is 1. The average Bonchev–Trinajstić information content (AvgIpc) is 2.69. The third-order valence-corrected chi connectivity index (χ3v) is 2.30. The minimum Gasteiger partial charge on any atom is -0.382 e. The van der Waals surface area contributed by atoms with Gasteiger partial charge in [-0.3, -0.25) is 0 Å². The molecular weight excluding hydrogens is 188 g/mol. The molecule has 0 saturated heterocycles. The molecule has 3 heteroatoms. The lowest BCUT2D eigenvalue weighted by Crippen LogP contribution is -2.11. The molecule has 0 radical (unpaired) electrons. The molecule has 0 fully saturated rings. The molecule has 1 rings (SSSR count). The van der Waals surface area contributed by atoms with Crippen molar-refractivity contribution in [3.63, 3.8) is 0 Å². The van der Waals surface area contributed by atoms with Crippen LogP contribution in [0.1, 0.15) is 25.8 Å². The molecule has 0 spiro atoms. The lowest BCUT2D eigenvalue weighted by atomic mass is 10.3. The molecule has 1 aromatic rings. The van der Waals surface area contributed by atoms with Gasteiger partial charge in [0.1, 0.15) is 0 Å². The summed E-state index contributed by atoms with van der Waals surface area (Å²) in [5.74, 6) is 0. The molecule has 0 aliphatic rings. The van der Waals surface area contributed by atoms with Crippen LogP contribution < -0.4 is 5.32 Å². The summed E-state index contributed by atoms with van der Waals surface area (Å²) >= 11 is 0. The Labute approximate surface area is 92.4 Å². The van der Waals surface area contributed by atoms with Crippen LogP contribution in [-0.2, 0) is 17.8 Å². The van der Waals surface area contributed by atoms with Crippen molar-refractivity contribution in [3.05, 3.63) is 24.0 Å². The van der Waals surface area contributed by atoms with E-state index in [1.54, 1.807) is 0 Å². The van der Waals surface area contributed by atoms with Gasteiger partial charge in [0.25, 0.3) is 0 Å². The largest absolute Gasteiger partial charge is 0.382 e. The first-order valence-electron chi connectivity index (χ1n) is 5.80. The Morgan fingerprint density at radius 1 is 1.40 bits per heavy atom. The van der Waals surface area contributed by atoms with Gasteiger partial charge in [-0.05, 0) is 31.5 Å². The Balaban J connectivity index is 2.20. The van der Waals surface area contributed by atoms with E-state index in [1.165, 1.54) is 5.56 Å². The molecule has 0 unspecified atom stereocenters. The van der Waals surface area contributed by atoms with Gasteiger partial charge in [-0.2, -0.15) is 0 Å². The van der Waals surface area contributed by atoms with Gasteiger partial charge in [-0.25, -0.2) is 0 Å². The number of aryl methyl sites for hydroxylation is 1. The van der Waals surface area contributed by atoms with Gasteiger partial charge in [0, 0.05) is 38.7 Å². The number of hydrogen-bond donors (Lipinski definition) is 1. The third-order valence-electron chi connectivity index (χ3n) is 2.30. The van der Waals surface area contributed by atoms with Gasteiger partial charge in [-0.15, -0.1) is 0 Å². The number of nitrogens with one attached hydrogen (secondary N) is 1. The van der Waals surface area contributed by atoms with Gasteiger partial charge < -0.3 is 14.6 Å². The lowest BCUT2D eigenvalue weighted by molar-refractivity contribution is 0.141. The highest BCUT2D eigenvalue weighted by Gasteiger charge is 1.96. The van der Waals surface area contributed by atoms with E-state index in [-0.39, 0.29) is 0 Å². The van der Waals surface area contributed by atoms with Gasteiger partial charge in [0.05, 0.1) is 0 Å². The molecular formula is C12H22N2O. The van der Waals surface area contributed by atoms with E-state index in [4.69, 9.17) is 4.74 Å². The predicted molar refractivity (Wildman–Crippen MR) is 62.9 cm³/mol. The zero-order chi connectivity index (χ0) is 10.9. The van der Waals surface area contributed by atoms with E-state index in [1.807, 2.05) is 6.92 Å². The zero-order valence-electron chi connectivity index (χ0n) is 9.83. The van der Waals surface area contributed by atoms with Crippen LogP contribution in [0.3, 0.4) is 0 Å².